The topological polar surface area (TPSA) is 121 Å². The summed E-state index contributed by atoms with van der Waals surface area (Å²) in [4.78, 5) is 27.0. The van der Waals surface area contributed by atoms with E-state index in [2.05, 4.69) is 49.4 Å². The van der Waals surface area contributed by atoms with Gasteiger partial charge in [-0.05, 0) is 36.1 Å². The number of amides is 1. The van der Waals surface area contributed by atoms with E-state index in [1.54, 1.807) is 18.5 Å². The monoisotopic (exact) mass is 489 g/mol. The summed E-state index contributed by atoms with van der Waals surface area (Å²) in [7, 11) is 0. The minimum Gasteiger partial charge on any atom is -0.367 e. The molecule has 0 saturated carbocycles. The zero-order valence-corrected chi connectivity index (χ0v) is 20.3. The lowest BCUT2D eigenvalue weighted by atomic mass is 9.97. The summed E-state index contributed by atoms with van der Waals surface area (Å²) in [5.41, 5.74) is 10.8. The van der Waals surface area contributed by atoms with Gasteiger partial charge in [0, 0.05) is 49.2 Å². The van der Waals surface area contributed by atoms with E-state index in [0.717, 1.165) is 54.9 Å². The smallest absolute Gasteiger partial charge is 0.250 e. The highest BCUT2D eigenvalue weighted by Gasteiger charge is 2.20. The number of benzene rings is 2. The molecule has 1 aliphatic heterocycles. The lowest BCUT2D eigenvalue weighted by Gasteiger charge is -2.32. The van der Waals surface area contributed by atoms with Gasteiger partial charge >= 0.3 is 0 Å². The fourth-order valence-corrected chi connectivity index (χ4v) is 4.63. The van der Waals surface area contributed by atoms with Crippen LogP contribution in [-0.2, 0) is 6.54 Å². The number of carbonyl (C=O) groups is 1. The van der Waals surface area contributed by atoms with E-state index in [-0.39, 0.29) is 5.82 Å². The summed E-state index contributed by atoms with van der Waals surface area (Å²) < 4.78 is 0. The third kappa shape index (κ3) is 5.80. The van der Waals surface area contributed by atoms with Gasteiger partial charge in [-0.25, -0.2) is 9.97 Å². The van der Waals surface area contributed by atoms with Crippen molar-refractivity contribution in [2.75, 3.05) is 18.4 Å². The Hall–Kier alpha value is -4.61. The van der Waals surface area contributed by atoms with Gasteiger partial charge in [0.25, 0.3) is 0 Å². The predicted molar refractivity (Wildman–Crippen MR) is 142 cm³/mol. The molecule has 0 unspecified atom stereocenters. The van der Waals surface area contributed by atoms with Crippen molar-refractivity contribution in [3.05, 3.63) is 96.1 Å². The number of primary amides is 1. The normalized spacial score (nSPS) is 14.1. The van der Waals surface area contributed by atoms with Crippen molar-refractivity contribution in [2.45, 2.75) is 25.4 Å². The van der Waals surface area contributed by atoms with Crippen molar-refractivity contribution in [1.82, 2.24) is 19.9 Å². The van der Waals surface area contributed by atoms with E-state index >= 15 is 0 Å². The number of hydrogen-bond acceptors (Lipinski definition) is 7. The van der Waals surface area contributed by atoms with Gasteiger partial charge in [-0.15, -0.1) is 0 Å². The predicted octanol–water partition coefficient (Wildman–Crippen LogP) is 4.25. The molecule has 4 aromatic rings. The Labute approximate surface area is 215 Å². The van der Waals surface area contributed by atoms with Crippen molar-refractivity contribution in [3.63, 3.8) is 0 Å². The fraction of sp³-hybridized carbons (Fsp3) is 0.207. The maximum atomic E-state index is 11.8. The minimum absolute atomic E-state index is 0.181. The molecule has 1 aliphatic rings. The van der Waals surface area contributed by atoms with Crippen LogP contribution in [0.4, 0.5) is 5.82 Å². The number of rotatable bonds is 7. The highest BCUT2D eigenvalue weighted by molar-refractivity contribution is 5.95. The minimum atomic E-state index is -0.491. The zero-order valence-electron chi connectivity index (χ0n) is 20.3. The van der Waals surface area contributed by atoms with Crippen molar-refractivity contribution in [2.24, 2.45) is 5.73 Å². The van der Waals surface area contributed by atoms with Crippen molar-refractivity contribution >= 4 is 11.7 Å². The zero-order chi connectivity index (χ0) is 25.6. The van der Waals surface area contributed by atoms with Gasteiger partial charge in [0.1, 0.15) is 11.9 Å². The van der Waals surface area contributed by atoms with E-state index in [1.807, 2.05) is 42.5 Å². The third-order valence-electron chi connectivity index (χ3n) is 6.59. The first-order valence-electron chi connectivity index (χ1n) is 12.3. The molecule has 1 fully saturated rings. The van der Waals surface area contributed by atoms with E-state index in [4.69, 9.17) is 11.0 Å². The molecule has 0 spiro atoms. The Kier molecular flexibility index (Phi) is 7.15. The van der Waals surface area contributed by atoms with Crippen LogP contribution < -0.4 is 11.1 Å². The molecule has 0 atom stereocenters. The maximum absolute atomic E-state index is 11.8. The lowest BCUT2D eigenvalue weighted by molar-refractivity contribution is 0.1000. The Morgan fingerprint density at radius 3 is 2.49 bits per heavy atom. The first kappa shape index (κ1) is 24.1. The molecular weight excluding hydrogens is 462 g/mol. The average Bonchev–Trinajstić information content (AvgIpc) is 2.95. The number of nitrogens with one attached hydrogen (secondary N) is 1. The van der Waals surface area contributed by atoms with Gasteiger partial charge in [0.2, 0.25) is 11.7 Å². The van der Waals surface area contributed by atoms with Crippen LogP contribution in [0.3, 0.4) is 0 Å². The van der Waals surface area contributed by atoms with Crippen LogP contribution in [0.2, 0.25) is 0 Å². The number of anilines is 1. The fourth-order valence-electron chi connectivity index (χ4n) is 4.63. The number of nitrogens with two attached hydrogens (primary N) is 1. The van der Waals surface area contributed by atoms with E-state index < -0.39 is 5.91 Å². The largest absolute Gasteiger partial charge is 0.367 e. The summed E-state index contributed by atoms with van der Waals surface area (Å²) in [5, 5.41) is 12.4. The molecular formula is C29H27N7O. The molecule has 8 nitrogen and oxygen atoms in total. The molecule has 0 bridgehead atoms. The molecule has 1 saturated heterocycles. The molecule has 2 aromatic carbocycles. The second-order valence-corrected chi connectivity index (χ2v) is 9.12. The lowest BCUT2D eigenvalue weighted by Crippen LogP contribution is -2.38. The number of carbonyl (C=O) groups excluding carboxylic acids is 1. The van der Waals surface area contributed by atoms with Gasteiger partial charge in [-0.2, -0.15) is 5.26 Å². The number of hydrogen-bond donors (Lipinski definition) is 2. The van der Waals surface area contributed by atoms with Crippen LogP contribution in [-0.4, -0.2) is 44.9 Å². The number of nitriles is 1. The Balaban J connectivity index is 1.24. The molecule has 3 N–H and O–H groups in total. The molecule has 5 rings (SSSR count). The van der Waals surface area contributed by atoms with Crippen LogP contribution in [0.5, 0.6) is 0 Å². The first-order valence-corrected chi connectivity index (χ1v) is 12.3. The number of piperidine rings is 1. The average molecular weight is 490 g/mol. The summed E-state index contributed by atoms with van der Waals surface area (Å²) >= 11 is 0. The standard InChI is InChI=1S/C29H27N7O/c30-17-27-32-13-10-26(35-27)34-24-11-14-36(15-12-24)19-20-6-8-22(9-7-20)28-25(21-4-2-1-3-5-21)16-23(18-33-28)29(31)37/h1-10,13,16,18,24H,11-12,14-15,19H2,(H2,31,37)(H,32,34,35). The van der Waals surface area contributed by atoms with Gasteiger partial charge in [0.05, 0.1) is 11.3 Å². The number of aromatic nitrogens is 3. The molecule has 37 heavy (non-hydrogen) atoms. The van der Waals surface area contributed by atoms with E-state index in [0.29, 0.717) is 17.4 Å². The Bertz CT molecular complexity index is 1420. The molecule has 0 aliphatic carbocycles. The number of likely N-dealkylation sites (tertiary alicyclic amines) is 1. The third-order valence-corrected chi connectivity index (χ3v) is 6.59. The SMILES string of the molecule is N#Cc1nccc(NC2CCN(Cc3ccc(-c4ncc(C(N)=O)cc4-c4ccccc4)cc3)CC2)n1. The highest BCUT2D eigenvalue weighted by atomic mass is 16.1. The van der Waals surface area contributed by atoms with Gasteiger partial charge < -0.3 is 11.1 Å². The van der Waals surface area contributed by atoms with Crippen LogP contribution in [0.25, 0.3) is 22.4 Å². The molecule has 8 heteroatoms. The maximum Gasteiger partial charge on any atom is 0.250 e. The summed E-state index contributed by atoms with van der Waals surface area (Å²) in [6.07, 6.45) is 5.15. The van der Waals surface area contributed by atoms with Crippen molar-refractivity contribution in [3.8, 4) is 28.5 Å². The summed E-state index contributed by atoms with van der Waals surface area (Å²) in [5.74, 6) is 0.392. The highest BCUT2D eigenvalue weighted by Crippen LogP contribution is 2.31. The summed E-state index contributed by atoms with van der Waals surface area (Å²) in [6, 6.07) is 24.3. The number of pyridine rings is 1. The number of nitrogens with zero attached hydrogens (tertiary/aromatic N) is 5. The second-order valence-electron chi connectivity index (χ2n) is 9.12. The Morgan fingerprint density at radius 2 is 1.78 bits per heavy atom. The van der Waals surface area contributed by atoms with Crippen LogP contribution >= 0.6 is 0 Å². The van der Waals surface area contributed by atoms with Gasteiger partial charge in [-0.3, -0.25) is 14.7 Å². The first-order chi connectivity index (χ1) is 18.1. The van der Waals surface area contributed by atoms with Crippen molar-refractivity contribution in [1.29, 1.82) is 5.26 Å². The van der Waals surface area contributed by atoms with Crippen LogP contribution in [0, 0.1) is 11.3 Å². The van der Waals surface area contributed by atoms with Gasteiger partial charge in [0.15, 0.2) is 0 Å². The van der Waals surface area contributed by atoms with Crippen LogP contribution in [0.15, 0.2) is 79.1 Å². The molecule has 3 heterocycles. The van der Waals surface area contributed by atoms with E-state index in [1.165, 1.54) is 5.56 Å². The summed E-state index contributed by atoms with van der Waals surface area (Å²) in [6.45, 7) is 2.83. The van der Waals surface area contributed by atoms with Crippen molar-refractivity contribution < 1.29 is 4.79 Å². The molecule has 1 amide bonds. The molecule has 184 valence electrons. The van der Waals surface area contributed by atoms with Crippen LogP contribution in [0.1, 0.15) is 34.6 Å². The Morgan fingerprint density at radius 1 is 1.03 bits per heavy atom. The van der Waals surface area contributed by atoms with E-state index in [9.17, 15) is 4.79 Å². The molecule has 0 radical (unpaired) electrons. The second kappa shape index (κ2) is 11.0. The quantitative estimate of drug-likeness (QED) is 0.398. The molecule has 2 aromatic heterocycles. The van der Waals surface area contributed by atoms with Gasteiger partial charge in [-0.1, -0.05) is 54.6 Å².